The van der Waals surface area contributed by atoms with E-state index < -0.39 is 8.07 Å². The molecule has 0 nitrogen and oxygen atoms in total. The molecule has 2 bridgehead atoms. The van der Waals surface area contributed by atoms with Crippen LogP contribution in [0.1, 0.15) is 44.6 Å². The van der Waals surface area contributed by atoms with Crippen molar-refractivity contribution >= 4 is 30.7 Å². The van der Waals surface area contributed by atoms with E-state index in [9.17, 15) is 0 Å². The maximum Gasteiger partial charge on any atom is -1.00 e. The molecular weight excluding hydrogens is 463 g/mol. The predicted octanol–water partition coefficient (Wildman–Crippen LogP) is 0.119. The van der Waals surface area contributed by atoms with Gasteiger partial charge in [0.05, 0.1) is 8.07 Å². The van der Waals surface area contributed by atoms with Gasteiger partial charge in [-0.3, -0.25) is 0 Å². The first-order chi connectivity index (χ1) is 10.9. The van der Waals surface area contributed by atoms with Gasteiger partial charge in [0.25, 0.3) is 0 Å². The number of fused-ring (bicyclic) bond motifs is 1. The Morgan fingerprint density at radius 3 is 2.32 bits per heavy atom. The third-order valence-corrected chi connectivity index (χ3v) is 12.8. The number of hydrogen-bond donors (Lipinski definition) is 0. The summed E-state index contributed by atoms with van der Waals surface area (Å²) < 4.78 is 0.721. The van der Waals surface area contributed by atoms with Gasteiger partial charge in [-0.2, -0.15) is 0 Å². The summed E-state index contributed by atoms with van der Waals surface area (Å²) >= 11 is 3.56. The molecule has 6 rings (SSSR count). The van der Waals surface area contributed by atoms with E-state index in [1.807, 2.05) is 11.3 Å². The van der Waals surface area contributed by atoms with Gasteiger partial charge in [0.15, 0.2) is 0 Å². The van der Waals surface area contributed by atoms with Crippen LogP contribution in [-0.2, 0) is 24.7 Å². The summed E-state index contributed by atoms with van der Waals surface area (Å²) in [7, 11) is -0.972. The van der Waals surface area contributed by atoms with Gasteiger partial charge in [0, 0.05) is 10.4 Å². The molecule has 2 atom stereocenters. The topological polar surface area (TPSA) is 0 Å². The largest absolute Gasteiger partial charge is 1.00 e. The first-order valence-electron chi connectivity index (χ1n) is 8.20. The Morgan fingerprint density at radius 1 is 1.04 bits per heavy atom. The van der Waals surface area contributed by atoms with Crippen molar-refractivity contribution in [1.29, 1.82) is 0 Å². The maximum atomic E-state index is 2.51. The Balaban J connectivity index is 0.000000168. The zero-order chi connectivity index (χ0) is 16.4. The number of benzene rings is 1. The van der Waals surface area contributed by atoms with Crippen molar-refractivity contribution in [3.05, 3.63) is 68.4 Å². The van der Waals surface area contributed by atoms with E-state index in [0.29, 0.717) is 0 Å². The van der Waals surface area contributed by atoms with Crippen molar-refractivity contribution in [1.82, 2.24) is 0 Å². The van der Waals surface area contributed by atoms with Gasteiger partial charge in [-0.05, 0) is 23.9 Å². The van der Waals surface area contributed by atoms with E-state index in [-0.39, 0.29) is 24.8 Å². The molecule has 0 fully saturated rings. The molecule has 0 saturated carbocycles. The van der Waals surface area contributed by atoms with Crippen molar-refractivity contribution in [3.8, 4) is 0 Å². The zero-order valence-corrected chi connectivity index (χ0v) is 20.6. The predicted molar refractivity (Wildman–Crippen MR) is 100.0 cm³/mol. The Labute approximate surface area is 183 Å². The Hall–Kier alpha value is 0.0800. The maximum absolute atomic E-state index is 2.51. The molecule has 2 aromatic rings. The fraction of sp³-hybridized carbons (Fsp3) is 0.300. The summed E-state index contributed by atoms with van der Waals surface area (Å²) in [5.74, 6) is 0. The number of rotatable bonds is 0. The molecule has 0 spiro atoms. The van der Waals surface area contributed by atoms with Gasteiger partial charge in [-0.15, -0.1) is 11.3 Å². The van der Waals surface area contributed by atoms with Crippen molar-refractivity contribution in [2.75, 3.05) is 0 Å². The average Bonchev–Trinajstić information content (AvgIpc) is 3.18. The van der Waals surface area contributed by atoms with Crippen LogP contribution in [0.15, 0.2) is 46.9 Å². The monoisotopic (exact) mass is 481 g/mol. The second-order valence-electron chi connectivity index (χ2n) is 7.36. The molecule has 3 heterocycles. The smallest absolute Gasteiger partial charge is 1.00 e. The van der Waals surface area contributed by atoms with Gasteiger partial charge < -0.3 is 24.8 Å². The minimum Gasteiger partial charge on any atom is -1.00 e. The molecule has 25 heavy (non-hydrogen) atoms. The molecular formula is C20H21Cl2SSiZr. The molecule has 0 amide bonds. The standard InChI is InChI=1S/C10H12SSi.C10H9.2ClH.Zr/c1-6-9-7-4-5-11-8(7)10(6)12(9,2)3;1-8-6-9-4-2-3-5-10(9)7-8;;;/h4-5,10H,1-3H3;2-7H,1H3;2*1H;/q;;;;+2/p-2. The molecule has 5 heteroatoms. The molecule has 0 radical (unpaired) electrons. The van der Waals surface area contributed by atoms with Crippen molar-refractivity contribution < 1.29 is 49.5 Å². The van der Waals surface area contributed by atoms with E-state index in [0.717, 1.165) is 9.17 Å². The molecule has 129 valence electrons. The third-order valence-electron chi connectivity index (χ3n) is 5.57. The Morgan fingerprint density at radius 2 is 1.72 bits per heavy atom. The van der Waals surface area contributed by atoms with E-state index in [1.54, 1.807) is 45.9 Å². The Bertz CT molecular complexity index is 866. The minimum absolute atomic E-state index is 0. The molecule has 4 aliphatic rings. The summed E-state index contributed by atoms with van der Waals surface area (Å²) in [6, 6.07) is 11.0. The van der Waals surface area contributed by atoms with Gasteiger partial charge in [-0.25, -0.2) is 0 Å². The summed E-state index contributed by atoms with van der Waals surface area (Å²) in [6.07, 6.45) is 2.30. The van der Waals surface area contributed by atoms with Gasteiger partial charge in [0.1, 0.15) is 0 Å². The quantitative estimate of drug-likeness (QED) is 0.467. The van der Waals surface area contributed by atoms with Crippen LogP contribution < -0.4 is 24.8 Å². The van der Waals surface area contributed by atoms with Crippen LogP contribution in [0.2, 0.25) is 13.1 Å². The number of thiophene rings is 1. The SMILES string of the molecule is CC1=C2c3ccsc3C1[Si]2(C)C.CC1=Cc2ccccc2[CH]1[Zr+2].[Cl-].[Cl-]. The Kier molecular flexibility index (Phi) is 6.50. The molecule has 1 aromatic carbocycles. The van der Waals surface area contributed by atoms with E-state index in [4.69, 9.17) is 0 Å². The van der Waals surface area contributed by atoms with E-state index in [1.165, 1.54) is 16.7 Å². The second-order valence-corrected chi connectivity index (χ2v) is 14.2. The van der Waals surface area contributed by atoms with Gasteiger partial charge in [0.2, 0.25) is 0 Å². The van der Waals surface area contributed by atoms with Crippen molar-refractivity contribution in [2.24, 2.45) is 0 Å². The summed E-state index contributed by atoms with van der Waals surface area (Å²) in [4.78, 5) is 1.68. The summed E-state index contributed by atoms with van der Waals surface area (Å²) in [5.41, 5.74) is 8.65. The fourth-order valence-corrected chi connectivity index (χ4v) is 11.7. The summed E-state index contributed by atoms with van der Waals surface area (Å²) in [5, 5.41) is 4.01. The molecule has 1 aromatic heterocycles. The first-order valence-corrected chi connectivity index (χ1v) is 13.6. The van der Waals surface area contributed by atoms with Crippen LogP contribution in [0.25, 0.3) is 11.3 Å². The van der Waals surface area contributed by atoms with E-state index >= 15 is 0 Å². The van der Waals surface area contributed by atoms with Crippen LogP contribution in [-0.4, -0.2) is 8.07 Å². The van der Waals surface area contributed by atoms with Crippen LogP contribution in [0.3, 0.4) is 0 Å². The second kappa shape index (κ2) is 7.60. The number of hydrogen-bond acceptors (Lipinski definition) is 1. The van der Waals surface area contributed by atoms with Crippen molar-refractivity contribution in [3.63, 3.8) is 0 Å². The average molecular weight is 484 g/mol. The molecule has 2 unspecified atom stereocenters. The molecule has 0 N–H and O–H groups in total. The summed E-state index contributed by atoms with van der Waals surface area (Å²) in [6.45, 7) is 9.56. The number of allylic oxidation sites excluding steroid dienone is 2. The van der Waals surface area contributed by atoms with Crippen LogP contribution in [0, 0.1) is 0 Å². The van der Waals surface area contributed by atoms with Crippen molar-refractivity contribution in [2.45, 2.75) is 36.1 Å². The molecule has 0 saturated heterocycles. The normalized spacial score (nSPS) is 23.2. The van der Waals surface area contributed by atoms with Crippen LogP contribution in [0.5, 0.6) is 0 Å². The van der Waals surface area contributed by atoms with Gasteiger partial charge in [-0.1, -0.05) is 23.9 Å². The van der Waals surface area contributed by atoms with E-state index in [2.05, 4.69) is 68.7 Å². The van der Waals surface area contributed by atoms with Gasteiger partial charge >= 0.3 is 82.3 Å². The molecule has 2 aliphatic carbocycles. The third kappa shape index (κ3) is 3.15. The first kappa shape index (κ1) is 21.4. The zero-order valence-electron chi connectivity index (χ0n) is 14.9. The fourth-order valence-electron chi connectivity index (χ4n) is 4.57. The minimum atomic E-state index is -0.972. The van der Waals surface area contributed by atoms with Crippen LogP contribution >= 0.6 is 11.3 Å². The number of halogens is 2. The van der Waals surface area contributed by atoms with Crippen LogP contribution in [0.4, 0.5) is 0 Å². The molecule has 2 aliphatic heterocycles.